The summed E-state index contributed by atoms with van der Waals surface area (Å²) in [5.41, 5.74) is 0.285. The Balaban J connectivity index is 1.85. The Bertz CT molecular complexity index is 775. The van der Waals surface area contributed by atoms with Gasteiger partial charge < -0.3 is 24.3 Å². The molecule has 166 valence electrons. The normalized spacial score (nSPS) is 23.0. The Morgan fingerprint density at radius 3 is 2.43 bits per heavy atom. The Morgan fingerprint density at radius 1 is 1.27 bits per heavy atom. The van der Waals surface area contributed by atoms with Crippen molar-refractivity contribution in [2.75, 3.05) is 11.4 Å². The smallest absolute Gasteiger partial charge is 0.444 e. The molecule has 0 radical (unpaired) electrons. The molecule has 2 saturated heterocycles. The first kappa shape index (κ1) is 22.9. The van der Waals surface area contributed by atoms with Crippen molar-refractivity contribution in [3.63, 3.8) is 0 Å². The Kier molecular flexibility index (Phi) is 6.13. The molecule has 0 spiro atoms. The molecule has 0 saturated carbocycles. The van der Waals surface area contributed by atoms with Crippen molar-refractivity contribution in [3.8, 4) is 0 Å². The lowest BCUT2D eigenvalue weighted by atomic mass is 9.79. The second-order valence-electron chi connectivity index (χ2n) is 10.4. The van der Waals surface area contributed by atoms with E-state index in [1.165, 1.54) is 0 Å². The largest absolute Gasteiger partial charge is 0.495 e. The third-order valence-electron chi connectivity index (χ3n) is 6.07. The highest BCUT2D eigenvalue weighted by Gasteiger charge is 2.52. The highest BCUT2D eigenvalue weighted by Crippen LogP contribution is 2.36. The van der Waals surface area contributed by atoms with Crippen molar-refractivity contribution in [2.24, 2.45) is 0 Å². The van der Waals surface area contributed by atoms with Crippen LogP contribution in [-0.4, -0.2) is 47.6 Å². The molecule has 1 atom stereocenters. The first-order valence-corrected chi connectivity index (χ1v) is 10.9. The SMILES string of the molecule is CC1CCCN1c1cc(B2OC(C)(C)C(C)(C)O2)cc(CNC(=O)OC(C)(C)C)n1. The quantitative estimate of drug-likeness (QED) is 0.758. The van der Waals surface area contributed by atoms with Crippen LogP contribution in [0, 0.1) is 0 Å². The predicted octanol–water partition coefficient (Wildman–Crippen LogP) is 3.39. The van der Waals surface area contributed by atoms with Crippen molar-refractivity contribution < 1.29 is 18.8 Å². The minimum Gasteiger partial charge on any atom is -0.444 e. The van der Waals surface area contributed by atoms with Crippen LogP contribution in [0.15, 0.2) is 12.1 Å². The first-order chi connectivity index (χ1) is 13.8. The van der Waals surface area contributed by atoms with Gasteiger partial charge >= 0.3 is 13.2 Å². The second kappa shape index (κ2) is 8.04. The molecule has 7 nitrogen and oxygen atoms in total. The molecule has 1 amide bonds. The summed E-state index contributed by atoms with van der Waals surface area (Å²) in [4.78, 5) is 19.2. The van der Waals surface area contributed by atoms with Crippen LogP contribution in [0.3, 0.4) is 0 Å². The Morgan fingerprint density at radius 2 is 1.90 bits per heavy atom. The fourth-order valence-electron chi connectivity index (χ4n) is 3.70. The van der Waals surface area contributed by atoms with E-state index in [4.69, 9.17) is 19.0 Å². The summed E-state index contributed by atoms with van der Waals surface area (Å²) in [5.74, 6) is 0.896. The minimum absolute atomic E-state index is 0.275. The van der Waals surface area contributed by atoms with Crippen molar-refractivity contribution in [1.82, 2.24) is 10.3 Å². The molecule has 1 unspecified atom stereocenters. The highest BCUT2D eigenvalue weighted by atomic mass is 16.7. The standard InChI is InChI=1S/C22H36BN3O4/c1-15-10-9-11-26(15)18-13-16(23-29-21(5,6)22(7,8)30-23)12-17(25-18)14-24-19(27)28-20(2,3)4/h12-13,15H,9-11,14H2,1-8H3,(H,24,27). The van der Waals surface area contributed by atoms with Crippen LogP contribution in [0.4, 0.5) is 10.6 Å². The van der Waals surface area contributed by atoms with E-state index >= 15 is 0 Å². The van der Waals surface area contributed by atoms with E-state index in [9.17, 15) is 4.79 Å². The van der Waals surface area contributed by atoms with Gasteiger partial charge in [-0.2, -0.15) is 0 Å². The molecular weight excluding hydrogens is 381 g/mol. The fraction of sp³-hybridized carbons (Fsp3) is 0.727. The molecule has 1 aromatic heterocycles. The van der Waals surface area contributed by atoms with Gasteiger partial charge in [0.25, 0.3) is 0 Å². The van der Waals surface area contributed by atoms with E-state index in [0.29, 0.717) is 6.04 Å². The highest BCUT2D eigenvalue weighted by molar-refractivity contribution is 6.62. The maximum Gasteiger partial charge on any atom is 0.495 e. The number of aromatic nitrogens is 1. The van der Waals surface area contributed by atoms with Crippen molar-refractivity contribution in [1.29, 1.82) is 0 Å². The summed E-state index contributed by atoms with van der Waals surface area (Å²) in [7, 11) is -0.477. The van der Waals surface area contributed by atoms with Gasteiger partial charge in [0.05, 0.1) is 23.4 Å². The molecule has 8 heteroatoms. The number of ether oxygens (including phenoxy) is 1. The zero-order valence-electron chi connectivity index (χ0n) is 19.7. The number of pyridine rings is 1. The van der Waals surface area contributed by atoms with Gasteiger partial charge in [-0.05, 0) is 85.8 Å². The van der Waals surface area contributed by atoms with Crippen LogP contribution in [0.5, 0.6) is 0 Å². The van der Waals surface area contributed by atoms with Gasteiger partial charge in [0, 0.05) is 12.6 Å². The third-order valence-corrected chi connectivity index (χ3v) is 6.07. The predicted molar refractivity (Wildman–Crippen MR) is 119 cm³/mol. The number of nitrogens with zero attached hydrogens (tertiary/aromatic N) is 2. The van der Waals surface area contributed by atoms with E-state index in [2.05, 4.69) is 23.2 Å². The number of nitrogens with one attached hydrogen (secondary N) is 1. The van der Waals surface area contributed by atoms with Crippen LogP contribution in [-0.2, 0) is 20.6 Å². The number of alkyl carbamates (subject to hydrolysis) is 1. The van der Waals surface area contributed by atoms with Crippen molar-refractivity contribution >= 4 is 24.5 Å². The second-order valence-corrected chi connectivity index (χ2v) is 10.4. The average molecular weight is 417 g/mol. The van der Waals surface area contributed by atoms with E-state index in [1.807, 2.05) is 54.5 Å². The molecule has 1 N–H and O–H groups in total. The van der Waals surface area contributed by atoms with Crippen LogP contribution >= 0.6 is 0 Å². The van der Waals surface area contributed by atoms with Crippen molar-refractivity contribution in [2.45, 2.75) is 97.6 Å². The molecule has 3 rings (SSSR count). The van der Waals surface area contributed by atoms with E-state index in [-0.39, 0.29) is 6.54 Å². The number of rotatable bonds is 4. The number of hydrogen-bond donors (Lipinski definition) is 1. The summed E-state index contributed by atoms with van der Waals surface area (Å²) >= 11 is 0. The van der Waals surface area contributed by atoms with Crippen LogP contribution < -0.4 is 15.7 Å². The van der Waals surface area contributed by atoms with Gasteiger partial charge in [0.2, 0.25) is 0 Å². The summed E-state index contributed by atoms with van der Waals surface area (Å²) < 4.78 is 17.9. The summed E-state index contributed by atoms with van der Waals surface area (Å²) in [6.07, 6.45) is 1.84. The molecule has 1 aromatic rings. The minimum atomic E-state index is -0.543. The van der Waals surface area contributed by atoms with Crippen LogP contribution in [0.2, 0.25) is 0 Å². The molecule has 0 aliphatic carbocycles. The monoisotopic (exact) mass is 417 g/mol. The molecule has 2 aliphatic rings. The number of carbonyl (C=O) groups is 1. The lowest BCUT2D eigenvalue weighted by molar-refractivity contribution is 0.00578. The van der Waals surface area contributed by atoms with Crippen LogP contribution in [0.25, 0.3) is 0 Å². The van der Waals surface area contributed by atoms with Gasteiger partial charge in [-0.1, -0.05) is 0 Å². The molecule has 0 aromatic carbocycles. The van der Waals surface area contributed by atoms with Gasteiger partial charge in [0.15, 0.2) is 0 Å². The number of anilines is 1. The molecule has 30 heavy (non-hydrogen) atoms. The van der Waals surface area contributed by atoms with Gasteiger partial charge in [-0.25, -0.2) is 9.78 Å². The topological polar surface area (TPSA) is 72.9 Å². The lowest BCUT2D eigenvalue weighted by Crippen LogP contribution is -2.41. The van der Waals surface area contributed by atoms with Crippen LogP contribution in [0.1, 0.15) is 73.9 Å². The first-order valence-electron chi connectivity index (χ1n) is 10.9. The van der Waals surface area contributed by atoms with E-state index in [0.717, 1.165) is 36.4 Å². The van der Waals surface area contributed by atoms with Gasteiger partial charge in [0.1, 0.15) is 11.4 Å². The lowest BCUT2D eigenvalue weighted by Gasteiger charge is -2.32. The number of amides is 1. The molecule has 2 aliphatic heterocycles. The summed E-state index contributed by atoms with van der Waals surface area (Å²) in [6.45, 7) is 17.2. The van der Waals surface area contributed by atoms with Gasteiger partial charge in [-0.3, -0.25) is 0 Å². The van der Waals surface area contributed by atoms with Crippen molar-refractivity contribution in [3.05, 3.63) is 17.8 Å². The maximum absolute atomic E-state index is 12.1. The molecular formula is C22H36BN3O4. The molecule has 2 fully saturated rings. The van der Waals surface area contributed by atoms with E-state index in [1.54, 1.807) is 0 Å². The summed E-state index contributed by atoms with van der Waals surface area (Å²) in [6, 6.07) is 4.43. The maximum atomic E-state index is 12.1. The average Bonchev–Trinajstić information content (AvgIpc) is 3.11. The molecule has 3 heterocycles. The summed E-state index contributed by atoms with van der Waals surface area (Å²) in [5, 5.41) is 2.81. The molecule has 0 bridgehead atoms. The number of carbonyl (C=O) groups excluding carboxylic acids is 1. The van der Waals surface area contributed by atoms with Gasteiger partial charge in [-0.15, -0.1) is 0 Å². The third kappa shape index (κ3) is 5.09. The fourth-order valence-corrected chi connectivity index (χ4v) is 3.70. The zero-order chi connectivity index (χ0) is 22.3. The Hall–Kier alpha value is -1.80. The van der Waals surface area contributed by atoms with E-state index < -0.39 is 30.0 Å². The Labute approximate surface area is 181 Å². The zero-order valence-corrected chi connectivity index (χ0v) is 19.7. The number of hydrogen-bond acceptors (Lipinski definition) is 6.